The number of aliphatic hydroxyl groups excluding tert-OH is 1. The molecule has 0 saturated carbocycles. The Kier molecular flexibility index (Phi) is 5.87. The summed E-state index contributed by atoms with van der Waals surface area (Å²) in [5.41, 5.74) is 0.958. The Morgan fingerprint density at radius 2 is 2.00 bits per heavy atom. The van der Waals surface area contributed by atoms with Crippen LogP contribution in [-0.2, 0) is 0 Å². The summed E-state index contributed by atoms with van der Waals surface area (Å²) in [4.78, 5) is 1.25. The molecule has 1 nitrogen and oxygen atoms in total. The summed E-state index contributed by atoms with van der Waals surface area (Å²) in [7, 11) is 0. The zero-order valence-electron chi connectivity index (χ0n) is 10.0. The molecule has 1 rings (SSSR count). The van der Waals surface area contributed by atoms with E-state index in [2.05, 4.69) is 35.8 Å². The van der Waals surface area contributed by atoms with Crippen molar-refractivity contribution >= 4 is 27.7 Å². The second kappa shape index (κ2) is 6.67. The molecule has 0 radical (unpaired) electrons. The van der Waals surface area contributed by atoms with E-state index >= 15 is 0 Å². The minimum absolute atomic E-state index is 0.397. The molecule has 1 aromatic carbocycles. The van der Waals surface area contributed by atoms with Gasteiger partial charge in [-0.25, -0.2) is 0 Å². The summed E-state index contributed by atoms with van der Waals surface area (Å²) in [6, 6.07) is 6.08. The van der Waals surface area contributed by atoms with Gasteiger partial charge in [0.15, 0.2) is 0 Å². The molecule has 0 aliphatic heterocycles. The third-order valence-electron chi connectivity index (χ3n) is 2.39. The van der Waals surface area contributed by atoms with Crippen LogP contribution in [0.3, 0.4) is 0 Å². The first-order valence-electron chi connectivity index (χ1n) is 5.61. The first-order chi connectivity index (χ1) is 7.50. The van der Waals surface area contributed by atoms with Gasteiger partial charge in [-0.3, -0.25) is 0 Å². The predicted molar refractivity (Wildman–Crippen MR) is 75.0 cm³/mol. The SMILES string of the molecule is CC(C)CCSc1ccc([C@H](C)O)cc1Br. The molecular formula is C13H19BrOS. The van der Waals surface area contributed by atoms with E-state index in [0.717, 1.165) is 21.7 Å². The van der Waals surface area contributed by atoms with Crippen LogP contribution in [0.4, 0.5) is 0 Å². The summed E-state index contributed by atoms with van der Waals surface area (Å²) < 4.78 is 1.08. The van der Waals surface area contributed by atoms with Gasteiger partial charge in [0.25, 0.3) is 0 Å². The lowest BCUT2D eigenvalue weighted by Gasteiger charge is -2.09. The summed E-state index contributed by atoms with van der Waals surface area (Å²) in [5.74, 6) is 1.90. The van der Waals surface area contributed by atoms with Crippen molar-refractivity contribution in [2.75, 3.05) is 5.75 Å². The van der Waals surface area contributed by atoms with Crippen LogP contribution < -0.4 is 0 Å². The molecule has 0 heterocycles. The Morgan fingerprint density at radius 3 is 2.50 bits per heavy atom. The maximum Gasteiger partial charge on any atom is 0.0762 e. The maximum absolute atomic E-state index is 9.46. The van der Waals surface area contributed by atoms with Crippen molar-refractivity contribution in [2.24, 2.45) is 5.92 Å². The number of aliphatic hydroxyl groups is 1. The van der Waals surface area contributed by atoms with Crippen LogP contribution in [0.25, 0.3) is 0 Å². The van der Waals surface area contributed by atoms with E-state index < -0.39 is 6.10 Å². The topological polar surface area (TPSA) is 20.2 Å². The molecule has 0 amide bonds. The van der Waals surface area contributed by atoms with Gasteiger partial charge in [0.2, 0.25) is 0 Å². The first kappa shape index (κ1) is 14.1. The van der Waals surface area contributed by atoms with E-state index in [1.54, 1.807) is 6.92 Å². The fraction of sp³-hybridized carbons (Fsp3) is 0.538. The van der Waals surface area contributed by atoms with E-state index in [0.29, 0.717) is 0 Å². The number of benzene rings is 1. The predicted octanol–water partition coefficient (Wildman–Crippen LogP) is 4.64. The highest BCUT2D eigenvalue weighted by Crippen LogP contribution is 2.30. The Bertz CT molecular complexity index is 337. The van der Waals surface area contributed by atoms with Crippen LogP contribution in [0.5, 0.6) is 0 Å². The number of hydrogen-bond acceptors (Lipinski definition) is 2. The van der Waals surface area contributed by atoms with Gasteiger partial charge in [-0.15, -0.1) is 11.8 Å². The van der Waals surface area contributed by atoms with E-state index in [4.69, 9.17) is 0 Å². The van der Waals surface area contributed by atoms with Crippen LogP contribution in [0.2, 0.25) is 0 Å². The van der Waals surface area contributed by atoms with Crippen LogP contribution >= 0.6 is 27.7 Å². The van der Waals surface area contributed by atoms with Crippen molar-refractivity contribution in [1.82, 2.24) is 0 Å². The molecule has 0 aromatic heterocycles. The smallest absolute Gasteiger partial charge is 0.0762 e. The lowest BCUT2D eigenvalue weighted by molar-refractivity contribution is 0.199. The molecule has 16 heavy (non-hydrogen) atoms. The second-order valence-corrected chi connectivity index (χ2v) is 6.39. The molecule has 3 heteroatoms. The average molecular weight is 303 g/mol. The van der Waals surface area contributed by atoms with Crippen LogP contribution in [-0.4, -0.2) is 10.9 Å². The molecule has 0 saturated heterocycles. The van der Waals surface area contributed by atoms with Crippen LogP contribution in [0.1, 0.15) is 38.9 Å². The second-order valence-electron chi connectivity index (χ2n) is 4.40. The molecule has 0 bridgehead atoms. The maximum atomic E-state index is 9.46. The molecule has 0 spiro atoms. The van der Waals surface area contributed by atoms with Crippen molar-refractivity contribution in [1.29, 1.82) is 0 Å². The standard InChI is InChI=1S/C13H19BrOS/c1-9(2)6-7-16-13-5-4-11(10(3)15)8-12(13)14/h4-5,8-10,15H,6-7H2,1-3H3/t10-/m0/s1. The van der Waals surface area contributed by atoms with E-state index in [-0.39, 0.29) is 0 Å². The highest BCUT2D eigenvalue weighted by atomic mass is 79.9. The minimum Gasteiger partial charge on any atom is -0.389 e. The normalized spacial score (nSPS) is 13.1. The Labute approximate surface area is 111 Å². The molecule has 1 aromatic rings. The van der Waals surface area contributed by atoms with Crippen molar-refractivity contribution in [2.45, 2.75) is 38.2 Å². The van der Waals surface area contributed by atoms with E-state index in [1.165, 1.54) is 11.3 Å². The molecular weight excluding hydrogens is 284 g/mol. The third-order valence-corrected chi connectivity index (χ3v) is 4.42. The number of rotatable bonds is 5. The van der Waals surface area contributed by atoms with Crippen LogP contribution in [0, 0.1) is 5.92 Å². The highest BCUT2D eigenvalue weighted by molar-refractivity contribution is 9.10. The van der Waals surface area contributed by atoms with Crippen LogP contribution in [0.15, 0.2) is 27.6 Å². The minimum atomic E-state index is -0.397. The third kappa shape index (κ3) is 4.48. The van der Waals surface area contributed by atoms with Gasteiger partial charge in [-0.2, -0.15) is 0 Å². The zero-order chi connectivity index (χ0) is 12.1. The number of thioether (sulfide) groups is 1. The monoisotopic (exact) mass is 302 g/mol. The highest BCUT2D eigenvalue weighted by Gasteiger charge is 2.06. The van der Waals surface area contributed by atoms with Gasteiger partial charge in [-0.1, -0.05) is 19.9 Å². The molecule has 1 atom stereocenters. The van der Waals surface area contributed by atoms with Crippen molar-refractivity contribution < 1.29 is 5.11 Å². The first-order valence-corrected chi connectivity index (χ1v) is 7.39. The van der Waals surface area contributed by atoms with Gasteiger partial charge in [0, 0.05) is 9.37 Å². The van der Waals surface area contributed by atoms with Gasteiger partial charge >= 0.3 is 0 Å². The molecule has 90 valence electrons. The Balaban J connectivity index is 2.61. The molecule has 0 aliphatic carbocycles. The Morgan fingerprint density at radius 1 is 1.31 bits per heavy atom. The summed E-state index contributed by atoms with van der Waals surface area (Å²) in [6.07, 6.45) is 0.834. The molecule has 0 aliphatic rings. The zero-order valence-corrected chi connectivity index (χ0v) is 12.4. The fourth-order valence-electron chi connectivity index (χ4n) is 1.30. The van der Waals surface area contributed by atoms with Gasteiger partial charge in [0.1, 0.15) is 0 Å². The van der Waals surface area contributed by atoms with E-state index in [9.17, 15) is 5.11 Å². The van der Waals surface area contributed by atoms with Crippen molar-refractivity contribution in [3.05, 3.63) is 28.2 Å². The number of hydrogen-bond donors (Lipinski definition) is 1. The molecule has 1 N–H and O–H groups in total. The summed E-state index contributed by atoms with van der Waals surface area (Å²) in [5, 5.41) is 9.46. The van der Waals surface area contributed by atoms with E-state index in [1.807, 2.05) is 23.9 Å². The molecule has 0 fully saturated rings. The van der Waals surface area contributed by atoms with Gasteiger partial charge in [0.05, 0.1) is 6.10 Å². The lowest BCUT2D eigenvalue weighted by Crippen LogP contribution is -1.92. The number of halogens is 1. The quantitative estimate of drug-likeness (QED) is 0.800. The molecule has 0 unspecified atom stereocenters. The largest absolute Gasteiger partial charge is 0.389 e. The van der Waals surface area contributed by atoms with Gasteiger partial charge < -0.3 is 5.11 Å². The summed E-state index contributed by atoms with van der Waals surface area (Å²) in [6.45, 7) is 6.27. The fourth-order valence-corrected chi connectivity index (χ4v) is 3.21. The summed E-state index contributed by atoms with van der Waals surface area (Å²) >= 11 is 5.42. The lowest BCUT2D eigenvalue weighted by atomic mass is 10.1. The average Bonchev–Trinajstić information content (AvgIpc) is 2.19. The van der Waals surface area contributed by atoms with Crippen molar-refractivity contribution in [3.63, 3.8) is 0 Å². The van der Waals surface area contributed by atoms with Gasteiger partial charge in [-0.05, 0) is 58.6 Å². The Hall–Kier alpha value is 0.01000. The van der Waals surface area contributed by atoms with Crippen molar-refractivity contribution in [3.8, 4) is 0 Å².